The Morgan fingerprint density at radius 1 is 1.50 bits per heavy atom. The first-order chi connectivity index (χ1) is 6.72. The second kappa shape index (κ2) is 6.38. The molecule has 2 atom stereocenters. The quantitative estimate of drug-likeness (QED) is 0.655. The standard InChI is InChI=1S/C11H24N2O/c1-10(12)5-3-4-7-13-8-6-11(9-13)14-2/h10-11H,3-9,12H2,1-2H3. The molecule has 0 bridgehead atoms. The van der Waals surface area contributed by atoms with Gasteiger partial charge < -0.3 is 15.4 Å². The number of hydrogen-bond donors (Lipinski definition) is 1. The molecule has 0 spiro atoms. The summed E-state index contributed by atoms with van der Waals surface area (Å²) in [6, 6.07) is 0.361. The normalized spacial score (nSPS) is 25.5. The summed E-state index contributed by atoms with van der Waals surface area (Å²) in [7, 11) is 1.81. The van der Waals surface area contributed by atoms with E-state index in [1.807, 2.05) is 7.11 Å². The number of methoxy groups -OCH3 is 1. The van der Waals surface area contributed by atoms with Crippen LogP contribution in [0.5, 0.6) is 0 Å². The van der Waals surface area contributed by atoms with Crippen molar-refractivity contribution in [2.45, 2.75) is 44.8 Å². The van der Waals surface area contributed by atoms with Crippen molar-refractivity contribution in [1.29, 1.82) is 0 Å². The molecule has 3 nitrogen and oxygen atoms in total. The van der Waals surface area contributed by atoms with Gasteiger partial charge in [-0.2, -0.15) is 0 Å². The fourth-order valence-electron chi connectivity index (χ4n) is 1.99. The summed E-state index contributed by atoms with van der Waals surface area (Å²) < 4.78 is 5.32. The fraction of sp³-hybridized carbons (Fsp3) is 1.00. The van der Waals surface area contributed by atoms with Crippen LogP contribution in [0.4, 0.5) is 0 Å². The van der Waals surface area contributed by atoms with Crippen molar-refractivity contribution in [2.24, 2.45) is 5.73 Å². The van der Waals surface area contributed by atoms with Crippen LogP contribution in [0.25, 0.3) is 0 Å². The number of ether oxygens (including phenoxy) is 1. The van der Waals surface area contributed by atoms with Crippen LogP contribution in [-0.4, -0.2) is 43.8 Å². The number of hydrogen-bond acceptors (Lipinski definition) is 3. The van der Waals surface area contributed by atoms with Gasteiger partial charge in [0.1, 0.15) is 0 Å². The molecule has 14 heavy (non-hydrogen) atoms. The highest BCUT2D eigenvalue weighted by Gasteiger charge is 2.20. The maximum absolute atomic E-state index is 5.70. The molecule has 0 aromatic rings. The lowest BCUT2D eigenvalue weighted by atomic mass is 10.1. The van der Waals surface area contributed by atoms with Gasteiger partial charge in [-0.25, -0.2) is 0 Å². The lowest BCUT2D eigenvalue weighted by molar-refractivity contribution is 0.108. The van der Waals surface area contributed by atoms with Gasteiger partial charge in [0.25, 0.3) is 0 Å². The van der Waals surface area contributed by atoms with Gasteiger partial charge in [0.05, 0.1) is 6.10 Å². The third-order valence-electron chi connectivity index (χ3n) is 2.95. The highest BCUT2D eigenvalue weighted by molar-refractivity contribution is 4.75. The SMILES string of the molecule is COC1CCN(CCCCC(C)N)C1. The van der Waals surface area contributed by atoms with Gasteiger partial charge >= 0.3 is 0 Å². The van der Waals surface area contributed by atoms with Crippen LogP contribution in [0.2, 0.25) is 0 Å². The molecule has 3 heteroatoms. The highest BCUT2D eigenvalue weighted by Crippen LogP contribution is 2.12. The minimum Gasteiger partial charge on any atom is -0.380 e. The Kier molecular flexibility index (Phi) is 5.45. The van der Waals surface area contributed by atoms with E-state index >= 15 is 0 Å². The molecule has 0 aromatic heterocycles. The van der Waals surface area contributed by atoms with E-state index in [0.717, 1.165) is 13.0 Å². The van der Waals surface area contributed by atoms with Crippen molar-refractivity contribution in [2.75, 3.05) is 26.7 Å². The van der Waals surface area contributed by atoms with Crippen LogP contribution >= 0.6 is 0 Å². The fourth-order valence-corrected chi connectivity index (χ4v) is 1.99. The van der Waals surface area contributed by atoms with Crippen LogP contribution in [-0.2, 0) is 4.74 Å². The molecule has 2 N–H and O–H groups in total. The largest absolute Gasteiger partial charge is 0.380 e. The zero-order valence-electron chi connectivity index (χ0n) is 9.54. The van der Waals surface area contributed by atoms with E-state index in [0.29, 0.717) is 12.1 Å². The third-order valence-corrected chi connectivity index (χ3v) is 2.95. The average molecular weight is 200 g/mol. The Balaban J connectivity index is 1.97. The van der Waals surface area contributed by atoms with Crippen molar-refractivity contribution in [3.8, 4) is 0 Å². The summed E-state index contributed by atoms with van der Waals surface area (Å²) in [6.07, 6.45) is 5.36. The third kappa shape index (κ3) is 4.40. The molecule has 1 fully saturated rings. The molecule has 0 radical (unpaired) electrons. The molecule has 1 aliphatic rings. The predicted molar refractivity (Wildman–Crippen MR) is 59.4 cm³/mol. The van der Waals surface area contributed by atoms with Gasteiger partial charge in [-0.1, -0.05) is 6.42 Å². The van der Waals surface area contributed by atoms with Crippen LogP contribution in [0.15, 0.2) is 0 Å². The topological polar surface area (TPSA) is 38.5 Å². The number of likely N-dealkylation sites (tertiary alicyclic amines) is 1. The molecule has 84 valence electrons. The van der Waals surface area contributed by atoms with Crippen LogP contribution in [0.3, 0.4) is 0 Å². The summed E-state index contributed by atoms with van der Waals surface area (Å²) in [5.74, 6) is 0. The second-order valence-electron chi connectivity index (χ2n) is 4.42. The van der Waals surface area contributed by atoms with Crippen molar-refractivity contribution >= 4 is 0 Å². The van der Waals surface area contributed by atoms with E-state index in [9.17, 15) is 0 Å². The van der Waals surface area contributed by atoms with Crippen LogP contribution in [0, 0.1) is 0 Å². The molecule has 2 unspecified atom stereocenters. The zero-order chi connectivity index (χ0) is 10.4. The molecule has 0 amide bonds. The zero-order valence-corrected chi connectivity index (χ0v) is 9.54. The second-order valence-corrected chi connectivity index (χ2v) is 4.42. The summed E-state index contributed by atoms with van der Waals surface area (Å²) in [4.78, 5) is 2.50. The van der Waals surface area contributed by atoms with Gasteiger partial charge in [0, 0.05) is 26.2 Å². The maximum Gasteiger partial charge on any atom is 0.0710 e. The van der Waals surface area contributed by atoms with E-state index in [-0.39, 0.29) is 0 Å². The van der Waals surface area contributed by atoms with Gasteiger partial charge in [-0.3, -0.25) is 0 Å². The molecule has 1 saturated heterocycles. The van der Waals surface area contributed by atoms with Crippen LogP contribution in [0.1, 0.15) is 32.6 Å². The van der Waals surface area contributed by atoms with E-state index in [2.05, 4.69) is 11.8 Å². The summed E-state index contributed by atoms with van der Waals surface area (Å²) in [5.41, 5.74) is 5.70. The number of rotatable bonds is 6. The number of nitrogens with two attached hydrogens (primary N) is 1. The van der Waals surface area contributed by atoms with Gasteiger partial charge in [0.2, 0.25) is 0 Å². The Morgan fingerprint density at radius 2 is 2.29 bits per heavy atom. The van der Waals surface area contributed by atoms with Crippen molar-refractivity contribution < 1.29 is 4.74 Å². The van der Waals surface area contributed by atoms with Crippen molar-refractivity contribution in [1.82, 2.24) is 4.90 Å². The molecule has 1 rings (SSSR count). The molecule has 0 aliphatic carbocycles. The van der Waals surface area contributed by atoms with E-state index < -0.39 is 0 Å². The Morgan fingerprint density at radius 3 is 2.86 bits per heavy atom. The molecule has 0 aromatic carbocycles. The summed E-state index contributed by atoms with van der Waals surface area (Å²) in [5, 5.41) is 0. The monoisotopic (exact) mass is 200 g/mol. The molecular formula is C11H24N2O. The Labute approximate surface area is 87.6 Å². The van der Waals surface area contributed by atoms with E-state index in [1.165, 1.54) is 32.4 Å². The van der Waals surface area contributed by atoms with E-state index in [4.69, 9.17) is 10.5 Å². The molecule has 0 saturated carbocycles. The van der Waals surface area contributed by atoms with Gasteiger partial charge in [0.15, 0.2) is 0 Å². The first-order valence-corrected chi connectivity index (χ1v) is 5.73. The average Bonchev–Trinajstić information content (AvgIpc) is 2.60. The first-order valence-electron chi connectivity index (χ1n) is 5.73. The molecular weight excluding hydrogens is 176 g/mol. The lowest BCUT2D eigenvalue weighted by Gasteiger charge is -2.15. The summed E-state index contributed by atoms with van der Waals surface area (Å²) in [6.45, 7) is 5.62. The minimum absolute atomic E-state index is 0.361. The molecule has 1 aliphatic heterocycles. The van der Waals surface area contributed by atoms with Crippen molar-refractivity contribution in [3.63, 3.8) is 0 Å². The highest BCUT2D eigenvalue weighted by atomic mass is 16.5. The smallest absolute Gasteiger partial charge is 0.0710 e. The van der Waals surface area contributed by atoms with Gasteiger partial charge in [-0.05, 0) is 32.7 Å². The van der Waals surface area contributed by atoms with Crippen molar-refractivity contribution in [3.05, 3.63) is 0 Å². The molecule has 1 heterocycles. The Bertz CT molecular complexity index is 150. The summed E-state index contributed by atoms with van der Waals surface area (Å²) >= 11 is 0. The number of unbranched alkanes of at least 4 members (excludes halogenated alkanes) is 1. The van der Waals surface area contributed by atoms with Crippen LogP contribution < -0.4 is 5.73 Å². The Hall–Kier alpha value is -0.120. The minimum atomic E-state index is 0.361. The first kappa shape index (κ1) is 12.0. The lowest BCUT2D eigenvalue weighted by Crippen LogP contribution is -2.24. The maximum atomic E-state index is 5.70. The number of nitrogens with zero attached hydrogens (tertiary/aromatic N) is 1. The van der Waals surface area contributed by atoms with E-state index in [1.54, 1.807) is 0 Å². The predicted octanol–water partition coefficient (Wildman–Crippen LogP) is 1.22. The van der Waals surface area contributed by atoms with Gasteiger partial charge in [-0.15, -0.1) is 0 Å².